The molecule has 2 atom stereocenters. The Morgan fingerprint density at radius 1 is 1.56 bits per heavy atom. The molecule has 5 heteroatoms. The van der Waals surface area contributed by atoms with Crippen molar-refractivity contribution in [1.82, 2.24) is 5.32 Å². The highest BCUT2D eigenvalue weighted by atomic mass is 19.1. The molecule has 0 spiro atoms. The summed E-state index contributed by atoms with van der Waals surface area (Å²) in [6.07, 6.45) is 0.489. The Kier molecular flexibility index (Phi) is 3.63. The molecule has 1 heterocycles. The Bertz CT molecular complexity index is 444. The third-order valence-corrected chi connectivity index (χ3v) is 3.22. The molecule has 1 amide bonds. The third-order valence-electron chi connectivity index (χ3n) is 3.22. The van der Waals surface area contributed by atoms with Crippen LogP contribution in [0.15, 0.2) is 24.3 Å². The van der Waals surface area contributed by atoms with Gasteiger partial charge in [-0.1, -0.05) is 18.2 Å². The molecule has 0 aliphatic carbocycles. The van der Waals surface area contributed by atoms with Gasteiger partial charge in [-0.3, -0.25) is 4.79 Å². The van der Waals surface area contributed by atoms with Gasteiger partial charge in [0.1, 0.15) is 11.4 Å². The first-order chi connectivity index (χ1) is 8.53. The monoisotopic (exact) mass is 252 g/mol. The lowest BCUT2D eigenvalue weighted by Gasteiger charge is -2.24. The van der Waals surface area contributed by atoms with E-state index in [1.807, 2.05) is 0 Å². The van der Waals surface area contributed by atoms with Crippen molar-refractivity contribution >= 4 is 5.91 Å². The topological polar surface area (TPSA) is 64.4 Å². The second-order valence-electron chi connectivity index (χ2n) is 4.68. The van der Waals surface area contributed by atoms with E-state index in [4.69, 9.17) is 10.5 Å². The van der Waals surface area contributed by atoms with E-state index >= 15 is 0 Å². The molecule has 1 aliphatic rings. The van der Waals surface area contributed by atoms with Crippen molar-refractivity contribution in [3.63, 3.8) is 0 Å². The fraction of sp³-hybridized carbons (Fsp3) is 0.462. The number of halogens is 1. The molecule has 1 saturated heterocycles. The molecular formula is C13H17FN2O2. The van der Waals surface area contributed by atoms with E-state index in [0.29, 0.717) is 18.6 Å². The largest absolute Gasteiger partial charge is 0.379 e. The summed E-state index contributed by atoms with van der Waals surface area (Å²) in [6, 6.07) is 5.95. The average molecular weight is 252 g/mol. The van der Waals surface area contributed by atoms with Crippen LogP contribution in [0.25, 0.3) is 0 Å². The van der Waals surface area contributed by atoms with Gasteiger partial charge in [0.25, 0.3) is 0 Å². The smallest absolute Gasteiger partial charge is 0.243 e. The van der Waals surface area contributed by atoms with Crippen LogP contribution < -0.4 is 11.1 Å². The summed E-state index contributed by atoms with van der Waals surface area (Å²) in [4.78, 5) is 12.0. The van der Waals surface area contributed by atoms with Gasteiger partial charge < -0.3 is 15.8 Å². The van der Waals surface area contributed by atoms with E-state index in [1.54, 1.807) is 25.1 Å². The molecule has 2 unspecified atom stereocenters. The van der Waals surface area contributed by atoms with Crippen molar-refractivity contribution in [3.8, 4) is 0 Å². The number of benzene rings is 1. The molecule has 1 aromatic rings. The summed E-state index contributed by atoms with van der Waals surface area (Å²) in [5.41, 5.74) is 5.40. The molecule has 18 heavy (non-hydrogen) atoms. The highest BCUT2D eigenvalue weighted by Crippen LogP contribution is 2.20. The molecule has 1 fully saturated rings. The molecule has 4 nitrogen and oxygen atoms in total. The van der Waals surface area contributed by atoms with Crippen LogP contribution in [0.1, 0.15) is 24.9 Å². The third kappa shape index (κ3) is 2.52. The molecule has 0 saturated carbocycles. The standard InChI is InChI=1S/C13H17FN2O2/c1-9(10-4-2-3-5-11(10)14)16-12(17)13(15)6-7-18-8-13/h2-5,9H,6-8,15H2,1H3,(H,16,17). The minimum absolute atomic E-state index is 0.211. The minimum atomic E-state index is -0.987. The fourth-order valence-corrected chi connectivity index (χ4v) is 2.00. The van der Waals surface area contributed by atoms with E-state index in [1.165, 1.54) is 6.07 Å². The Labute approximate surface area is 105 Å². The lowest BCUT2D eigenvalue weighted by Crippen LogP contribution is -2.55. The van der Waals surface area contributed by atoms with Crippen LogP contribution in [0, 0.1) is 5.82 Å². The van der Waals surface area contributed by atoms with Gasteiger partial charge in [0.15, 0.2) is 0 Å². The molecule has 2 rings (SSSR count). The van der Waals surface area contributed by atoms with Crippen LogP contribution >= 0.6 is 0 Å². The molecule has 1 aliphatic heterocycles. The van der Waals surface area contributed by atoms with Crippen molar-refractivity contribution < 1.29 is 13.9 Å². The van der Waals surface area contributed by atoms with Crippen LogP contribution in [-0.2, 0) is 9.53 Å². The van der Waals surface area contributed by atoms with Crippen molar-refractivity contribution in [2.75, 3.05) is 13.2 Å². The number of rotatable bonds is 3. The number of ether oxygens (including phenoxy) is 1. The molecule has 1 aromatic carbocycles. The highest BCUT2D eigenvalue weighted by Gasteiger charge is 2.38. The molecular weight excluding hydrogens is 235 g/mol. The average Bonchev–Trinajstić information content (AvgIpc) is 2.78. The summed E-state index contributed by atoms with van der Waals surface area (Å²) >= 11 is 0. The first-order valence-corrected chi connectivity index (χ1v) is 5.95. The Hall–Kier alpha value is -1.46. The zero-order valence-electron chi connectivity index (χ0n) is 10.3. The predicted molar refractivity (Wildman–Crippen MR) is 65.3 cm³/mol. The van der Waals surface area contributed by atoms with E-state index in [2.05, 4.69) is 5.32 Å². The number of hydrogen-bond acceptors (Lipinski definition) is 3. The second kappa shape index (κ2) is 5.04. The fourth-order valence-electron chi connectivity index (χ4n) is 2.00. The van der Waals surface area contributed by atoms with E-state index in [-0.39, 0.29) is 18.3 Å². The van der Waals surface area contributed by atoms with Crippen molar-refractivity contribution in [3.05, 3.63) is 35.6 Å². The van der Waals surface area contributed by atoms with Crippen molar-refractivity contribution in [1.29, 1.82) is 0 Å². The number of nitrogens with one attached hydrogen (secondary N) is 1. The van der Waals surface area contributed by atoms with Crippen LogP contribution in [0.2, 0.25) is 0 Å². The van der Waals surface area contributed by atoms with Crippen molar-refractivity contribution in [2.24, 2.45) is 5.73 Å². The molecule has 0 bridgehead atoms. The number of amides is 1. The summed E-state index contributed by atoms with van der Waals surface area (Å²) in [5, 5.41) is 2.74. The van der Waals surface area contributed by atoms with Crippen LogP contribution in [0.5, 0.6) is 0 Å². The van der Waals surface area contributed by atoms with Gasteiger partial charge in [-0.2, -0.15) is 0 Å². The summed E-state index contributed by atoms with van der Waals surface area (Å²) < 4.78 is 18.7. The van der Waals surface area contributed by atoms with Gasteiger partial charge in [0.05, 0.1) is 12.6 Å². The van der Waals surface area contributed by atoms with Crippen molar-refractivity contribution in [2.45, 2.75) is 24.9 Å². The van der Waals surface area contributed by atoms with Crippen LogP contribution in [-0.4, -0.2) is 24.7 Å². The summed E-state index contributed by atoms with van der Waals surface area (Å²) in [7, 11) is 0. The SMILES string of the molecule is CC(NC(=O)C1(N)CCOC1)c1ccccc1F. The molecule has 98 valence electrons. The number of hydrogen-bond donors (Lipinski definition) is 2. The summed E-state index contributed by atoms with van der Waals surface area (Å²) in [6.45, 7) is 2.43. The van der Waals surface area contributed by atoms with Crippen LogP contribution in [0.3, 0.4) is 0 Å². The van der Waals surface area contributed by atoms with E-state index < -0.39 is 11.6 Å². The lowest BCUT2D eigenvalue weighted by atomic mass is 9.98. The second-order valence-corrected chi connectivity index (χ2v) is 4.68. The number of carbonyl (C=O) groups excluding carboxylic acids is 1. The van der Waals surface area contributed by atoms with Gasteiger partial charge in [-0.05, 0) is 19.4 Å². The van der Waals surface area contributed by atoms with Crippen LogP contribution in [0.4, 0.5) is 4.39 Å². The maximum atomic E-state index is 13.6. The van der Waals surface area contributed by atoms with E-state index in [0.717, 1.165) is 0 Å². The number of nitrogens with two attached hydrogens (primary N) is 1. The molecule has 3 N–H and O–H groups in total. The zero-order valence-corrected chi connectivity index (χ0v) is 10.3. The minimum Gasteiger partial charge on any atom is -0.379 e. The number of carbonyl (C=O) groups is 1. The molecule has 0 radical (unpaired) electrons. The highest BCUT2D eigenvalue weighted by molar-refractivity contribution is 5.86. The summed E-state index contributed by atoms with van der Waals surface area (Å²) in [5.74, 6) is -0.630. The van der Waals surface area contributed by atoms with E-state index in [9.17, 15) is 9.18 Å². The maximum Gasteiger partial charge on any atom is 0.243 e. The normalized spacial score (nSPS) is 24.8. The van der Waals surface area contributed by atoms with Gasteiger partial charge in [0.2, 0.25) is 5.91 Å². The Morgan fingerprint density at radius 3 is 2.89 bits per heavy atom. The van der Waals surface area contributed by atoms with Gasteiger partial charge >= 0.3 is 0 Å². The van der Waals surface area contributed by atoms with Gasteiger partial charge in [0, 0.05) is 12.2 Å². The lowest BCUT2D eigenvalue weighted by molar-refractivity contribution is -0.127. The van der Waals surface area contributed by atoms with Gasteiger partial charge in [-0.25, -0.2) is 4.39 Å². The molecule has 0 aromatic heterocycles. The first kappa shape index (κ1) is 13.0. The van der Waals surface area contributed by atoms with Gasteiger partial charge in [-0.15, -0.1) is 0 Å². The maximum absolute atomic E-state index is 13.6. The zero-order chi connectivity index (χ0) is 13.2. The quantitative estimate of drug-likeness (QED) is 0.847. The first-order valence-electron chi connectivity index (χ1n) is 5.95. The Morgan fingerprint density at radius 2 is 2.28 bits per heavy atom. The predicted octanol–water partition coefficient (Wildman–Crippen LogP) is 1.12. The Balaban J connectivity index is 2.06.